The molecule has 0 aliphatic heterocycles. The molecule has 7 nitrogen and oxygen atoms in total. The SMILES string of the molecule is CCCN(CC(=O)N(Cc1ccccc1)Cc1ccc(C)o1)S(=O)(=O)c1ccc(OC)cc1. The standard InChI is InChI=1S/C25H30N2O5S/c1-4-16-27(33(29,30)24-14-12-22(31-3)13-15-24)19-25(28)26(17-21-8-6-5-7-9-21)18-23-11-10-20(2)32-23/h5-15H,4,16-19H2,1-3H3. The molecule has 8 heteroatoms. The lowest BCUT2D eigenvalue weighted by Crippen LogP contribution is -2.42. The second-order valence-electron chi connectivity index (χ2n) is 7.76. The van der Waals surface area contributed by atoms with Crippen LogP contribution in [0.4, 0.5) is 0 Å². The van der Waals surface area contributed by atoms with Gasteiger partial charge in [-0.2, -0.15) is 4.31 Å². The van der Waals surface area contributed by atoms with E-state index in [1.54, 1.807) is 17.0 Å². The molecule has 0 aliphatic rings. The number of hydrogen-bond donors (Lipinski definition) is 0. The predicted molar refractivity (Wildman–Crippen MR) is 126 cm³/mol. The molecule has 33 heavy (non-hydrogen) atoms. The Balaban J connectivity index is 1.84. The highest BCUT2D eigenvalue weighted by Crippen LogP contribution is 2.21. The van der Waals surface area contributed by atoms with Crippen molar-refractivity contribution in [2.75, 3.05) is 20.2 Å². The quantitative estimate of drug-likeness (QED) is 0.419. The van der Waals surface area contributed by atoms with Crippen LogP contribution < -0.4 is 4.74 Å². The van der Waals surface area contributed by atoms with E-state index in [4.69, 9.17) is 9.15 Å². The van der Waals surface area contributed by atoms with E-state index in [0.29, 0.717) is 24.5 Å². The zero-order chi connectivity index (χ0) is 23.8. The Morgan fingerprint density at radius 1 is 0.970 bits per heavy atom. The van der Waals surface area contributed by atoms with Gasteiger partial charge in [-0.25, -0.2) is 8.42 Å². The molecule has 0 saturated carbocycles. The fraction of sp³-hybridized carbons (Fsp3) is 0.320. The molecule has 0 atom stereocenters. The number of rotatable bonds is 11. The van der Waals surface area contributed by atoms with Gasteiger partial charge in [0.25, 0.3) is 0 Å². The highest BCUT2D eigenvalue weighted by atomic mass is 32.2. The van der Waals surface area contributed by atoms with Crippen LogP contribution in [0, 0.1) is 6.92 Å². The summed E-state index contributed by atoms with van der Waals surface area (Å²) in [6.07, 6.45) is 0.582. The summed E-state index contributed by atoms with van der Waals surface area (Å²) in [5.74, 6) is 1.68. The number of carbonyl (C=O) groups excluding carboxylic acids is 1. The van der Waals surface area contributed by atoms with Crippen LogP contribution in [-0.2, 0) is 27.9 Å². The van der Waals surface area contributed by atoms with E-state index in [1.807, 2.05) is 56.3 Å². The molecule has 3 aromatic rings. The van der Waals surface area contributed by atoms with Crippen molar-refractivity contribution in [1.82, 2.24) is 9.21 Å². The topological polar surface area (TPSA) is 80.1 Å². The zero-order valence-electron chi connectivity index (χ0n) is 19.2. The van der Waals surface area contributed by atoms with Gasteiger partial charge >= 0.3 is 0 Å². The van der Waals surface area contributed by atoms with Gasteiger partial charge in [0.15, 0.2) is 0 Å². The van der Waals surface area contributed by atoms with E-state index in [0.717, 1.165) is 11.3 Å². The van der Waals surface area contributed by atoms with E-state index in [9.17, 15) is 13.2 Å². The maximum absolute atomic E-state index is 13.4. The average Bonchev–Trinajstić information content (AvgIpc) is 3.23. The van der Waals surface area contributed by atoms with Crippen molar-refractivity contribution in [3.8, 4) is 5.75 Å². The summed E-state index contributed by atoms with van der Waals surface area (Å²) in [6.45, 7) is 4.31. The lowest BCUT2D eigenvalue weighted by molar-refractivity contribution is -0.133. The third kappa shape index (κ3) is 6.46. The van der Waals surface area contributed by atoms with Crippen molar-refractivity contribution in [1.29, 1.82) is 0 Å². The first-order chi connectivity index (χ1) is 15.8. The fourth-order valence-corrected chi connectivity index (χ4v) is 4.96. The maximum atomic E-state index is 13.4. The number of nitrogens with zero attached hydrogens (tertiary/aromatic N) is 2. The zero-order valence-corrected chi connectivity index (χ0v) is 20.0. The van der Waals surface area contributed by atoms with Gasteiger partial charge in [0, 0.05) is 13.1 Å². The molecule has 3 rings (SSSR count). The van der Waals surface area contributed by atoms with Crippen LogP contribution in [-0.4, -0.2) is 43.7 Å². The van der Waals surface area contributed by atoms with E-state index in [2.05, 4.69) is 0 Å². The van der Waals surface area contributed by atoms with Gasteiger partial charge in [-0.3, -0.25) is 4.79 Å². The van der Waals surface area contributed by atoms with Gasteiger partial charge in [-0.15, -0.1) is 0 Å². The second kappa shape index (κ2) is 11.2. The molecule has 0 unspecified atom stereocenters. The highest BCUT2D eigenvalue weighted by molar-refractivity contribution is 7.89. The molecule has 0 N–H and O–H groups in total. The number of amides is 1. The summed E-state index contributed by atoms with van der Waals surface area (Å²) >= 11 is 0. The summed E-state index contributed by atoms with van der Waals surface area (Å²) in [5.41, 5.74) is 0.953. The van der Waals surface area contributed by atoms with Crippen molar-refractivity contribution in [3.05, 3.63) is 83.8 Å². The van der Waals surface area contributed by atoms with Crippen molar-refractivity contribution >= 4 is 15.9 Å². The minimum absolute atomic E-state index is 0.126. The number of carbonyl (C=O) groups is 1. The van der Waals surface area contributed by atoms with Gasteiger partial charge in [-0.05, 0) is 55.3 Å². The van der Waals surface area contributed by atoms with Crippen molar-refractivity contribution in [2.24, 2.45) is 0 Å². The van der Waals surface area contributed by atoms with Crippen molar-refractivity contribution in [2.45, 2.75) is 38.3 Å². The number of furan rings is 1. The van der Waals surface area contributed by atoms with Crippen LogP contribution in [0.2, 0.25) is 0 Å². The molecular formula is C25H30N2O5S. The molecular weight excluding hydrogens is 440 g/mol. The Morgan fingerprint density at radius 3 is 2.24 bits per heavy atom. The summed E-state index contributed by atoms with van der Waals surface area (Å²) in [5, 5.41) is 0. The highest BCUT2D eigenvalue weighted by Gasteiger charge is 2.28. The normalized spacial score (nSPS) is 11.5. The van der Waals surface area contributed by atoms with Gasteiger partial charge < -0.3 is 14.1 Å². The molecule has 0 saturated heterocycles. The summed E-state index contributed by atoms with van der Waals surface area (Å²) < 4.78 is 38.6. The minimum atomic E-state index is -3.85. The van der Waals surface area contributed by atoms with Gasteiger partial charge in [0.05, 0.1) is 25.1 Å². The molecule has 1 amide bonds. The Morgan fingerprint density at radius 2 is 1.67 bits per heavy atom. The third-order valence-corrected chi connectivity index (χ3v) is 7.05. The first-order valence-electron chi connectivity index (χ1n) is 10.8. The van der Waals surface area contributed by atoms with Crippen molar-refractivity contribution in [3.63, 3.8) is 0 Å². The first-order valence-corrected chi connectivity index (χ1v) is 12.3. The lowest BCUT2D eigenvalue weighted by Gasteiger charge is -2.27. The van der Waals surface area contributed by atoms with E-state index in [-0.39, 0.29) is 30.4 Å². The second-order valence-corrected chi connectivity index (χ2v) is 9.70. The third-order valence-electron chi connectivity index (χ3n) is 5.19. The van der Waals surface area contributed by atoms with Crippen LogP contribution >= 0.6 is 0 Å². The monoisotopic (exact) mass is 470 g/mol. The average molecular weight is 471 g/mol. The van der Waals surface area contributed by atoms with Gasteiger partial charge in [-0.1, -0.05) is 37.3 Å². The Labute approximate surface area is 195 Å². The van der Waals surface area contributed by atoms with E-state index >= 15 is 0 Å². The molecule has 176 valence electrons. The minimum Gasteiger partial charge on any atom is -0.497 e. The van der Waals surface area contributed by atoms with Crippen LogP contribution in [0.5, 0.6) is 5.75 Å². The predicted octanol–water partition coefficient (Wildman–Crippen LogP) is 4.23. The number of sulfonamides is 1. The van der Waals surface area contributed by atoms with E-state index < -0.39 is 10.0 Å². The van der Waals surface area contributed by atoms with Crippen LogP contribution in [0.3, 0.4) is 0 Å². The van der Waals surface area contributed by atoms with Gasteiger partial charge in [0.2, 0.25) is 15.9 Å². The van der Waals surface area contributed by atoms with Crippen LogP contribution in [0.25, 0.3) is 0 Å². The van der Waals surface area contributed by atoms with Crippen LogP contribution in [0.15, 0.2) is 76.0 Å². The van der Waals surface area contributed by atoms with Gasteiger partial charge in [0.1, 0.15) is 17.3 Å². The molecule has 1 aromatic heterocycles. The van der Waals surface area contributed by atoms with Crippen LogP contribution in [0.1, 0.15) is 30.4 Å². The largest absolute Gasteiger partial charge is 0.497 e. The van der Waals surface area contributed by atoms with Crippen molar-refractivity contribution < 1.29 is 22.4 Å². The molecule has 0 bridgehead atoms. The lowest BCUT2D eigenvalue weighted by atomic mass is 10.2. The Hall–Kier alpha value is -3.10. The Bertz CT molecular complexity index is 1140. The summed E-state index contributed by atoms with van der Waals surface area (Å²) in [7, 11) is -2.33. The summed E-state index contributed by atoms with van der Waals surface area (Å²) in [6, 6.07) is 19.5. The number of hydrogen-bond acceptors (Lipinski definition) is 5. The maximum Gasteiger partial charge on any atom is 0.243 e. The molecule has 1 heterocycles. The summed E-state index contributed by atoms with van der Waals surface area (Å²) in [4.78, 5) is 15.1. The first kappa shape index (κ1) is 24.5. The number of aryl methyl sites for hydroxylation is 1. The number of methoxy groups -OCH3 is 1. The fourth-order valence-electron chi connectivity index (χ4n) is 3.48. The van der Waals surface area contributed by atoms with E-state index in [1.165, 1.54) is 23.5 Å². The molecule has 2 aromatic carbocycles. The molecule has 0 radical (unpaired) electrons. The molecule has 0 spiro atoms. The smallest absolute Gasteiger partial charge is 0.243 e. The molecule has 0 fully saturated rings. The Kier molecular flexibility index (Phi) is 8.30. The molecule has 0 aliphatic carbocycles. The number of benzene rings is 2. The number of ether oxygens (including phenoxy) is 1.